The number of nitrogens with zero attached hydrogens (tertiary/aromatic N) is 3. The number of aromatic nitrogens is 2. The van der Waals surface area contributed by atoms with Crippen molar-refractivity contribution in [2.24, 2.45) is 0 Å². The fourth-order valence-electron chi connectivity index (χ4n) is 2.11. The lowest BCUT2D eigenvalue weighted by Crippen LogP contribution is -2.25. The molecule has 1 fully saturated rings. The van der Waals surface area contributed by atoms with Crippen molar-refractivity contribution >= 4 is 23.1 Å². The Bertz CT molecular complexity index is 522. The van der Waals surface area contributed by atoms with Gasteiger partial charge in [0.15, 0.2) is 0 Å². The van der Waals surface area contributed by atoms with E-state index in [-0.39, 0.29) is 0 Å². The van der Waals surface area contributed by atoms with E-state index in [1.807, 2.05) is 12.3 Å². The van der Waals surface area contributed by atoms with Crippen molar-refractivity contribution in [3.05, 3.63) is 34.7 Å². The smallest absolute Gasteiger partial charge is 0.224 e. The van der Waals surface area contributed by atoms with Crippen LogP contribution in [0.4, 0.5) is 11.8 Å². The van der Waals surface area contributed by atoms with Crippen LogP contribution < -0.4 is 10.2 Å². The Labute approximate surface area is 117 Å². The van der Waals surface area contributed by atoms with Crippen molar-refractivity contribution in [2.75, 3.05) is 16.8 Å². The molecule has 4 nitrogen and oxygen atoms in total. The molecule has 100 valence electrons. The van der Waals surface area contributed by atoms with E-state index in [2.05, 4.69) is 44.6 Å². The fourth-order valence-corrected chi connectivity index (χ4v) is 2.81. The highest BCUT2D eigenvalue weighted by Crippen LogP contribution is 2.32. The zero-order valence-electron chi connectivity index (χ0n) is 11.0. The second-order valence-corrected chi connectivity index (χ2v) is 5.74. The number of hydrogen-bond donors (Lipinski definition) is 1. The van der Waals surface area contributed by atoms with Gasteiger partial charge in [0.1, 0.15) is 5.82 Å². The number of thiophene rings is 1. The van der Waals surface area contributed by atoms with Crippen LogP contribution in [0.25, 0.3) is 0 Å². The Balaban J connectivity index is 1.81. The summed E-state index contributed by atoms with van der Waals surface area (Å²) in [5.74, 6) is 1.75. The molecule has 0 unspecified atom stereocenters. The number of hydrogen-bond acceptors (Lipinski definition) is 5. The van der Waals surface area contributed by atoms with Gasteiger partial charge in [0, 0.05) is 23.7 Å². The molecule has 3 rings (SSSR count). The summed E-state index contributed by atoms with van der Waals surface area (Å²) in [6.45, 7) is 3.85. The van der Waals surface area contributed by atoms with Gasteiger partial charge >= 0.3 is 0 Å². The molecule has 0 aromatic carbocycles. The first-order chi connectivity index (χ1) is 9.36. The van der Waals surface area contributed by atoms with E-state index in [0.29, 0.717) is 6.04 Å². The third kappa shape index (κ3) is 3.04. The highest BCUT2D eigenvalue weighted by Gasteiger charge is 2.30. The van der Waals surface area contributed by atoms with Gasteiger partial charge in [-0.2, -0.15) is 4.98 Å². The molecular formula is C14H18N4S. The summed E-state index contributed by atoms with van der Waals surface area (Å²) in [5, 5.41) is 5.30. The topological polar surface area (TPSA) is 41.1 Å². The molecule has 0 amide bonds. The van der Waals surface area contributed by atoms with Crippen LogP contribution in [-0.4, -0.2) is 22.6 Å². The van der Waals surface area contributed by atoms with E-state index >= 15 is 0 Å². The molecule has 0 spiro atoms. The van der Waals surface area contributed by atoms with E-state index in [4.69, 9.17) is 0 Å². The first-order valence-corrected chi connectivity index (χ1v) is 7.60. The van der Waals surface area contributed by atoms with Crippen molar-refractivity contribution in [3.8, 4) is 0 Å². The predicted molar refractivity (Wildman–Crippen MR) is 79.7 cm³/mol. The van der Waals surface area contributed by atoms with Crippen LogP contribution in [0.2, 0.25) is 0 Å². The van der Waals surface area contributed by atoms with Crippen LogP contribution in [-0.2, 0) is 6.54 Å². The monoisotopic (exact) mass is 274 g/mol. The van der Waals surface area contributed by atoms with Gasteiger partial charge in [0.2, 0.25) is 5.95 Å². The average molecular weight is 274 g/mol. The number of rotatable bonds is 6. The number of anilines is 2. The van der Waals surface area contributed by atoms with Gasteiger partial charge in [-0.25, -0.2) is 4.98 Å². The van der Waals surface area contributed by atoms with Gasteiger partial charge in [0.25, 0.3) is 0 Å². The zero-order valence-corrected chi connectivity index (χ0v) is 11.9. The van der Waals surface area contributed by atoms with E-state index in [1.54, 1.807) is 11.3 Å². The normalized spacial score (nSPS) is 14.4. The third-order valence-corrected chi connectivity index (χ3v) is 4.03. The molecule has 2 aromatic heterocycles. The van der Waals surface area contributed by atoms with Gasteiger partial charge in [-0.15, -0.1) is 11.3 Å². The minimum absolute atomic E-state index is 0.645. The minimum atomic E-state index is 0.645. The Hall–Kier alpha value is -1.62. The van der Waals surface area contributed by atoms with Gasteiger partial charge in [-0.3, -0.25) is 0 Å². The fraction of sp³-hybridized carbons (Fsp3) is 0.429. The highest BCUT2D eigenvalue weighted by molar-refractivity contribution is 7.09. The maximum Gasteiger partial charge on any atom is 0.224 e. The van der Waals surface area contributed by atoms with Crippen molar-refractivity contribution < 1.29 is 0 Å². The van der Waals surface area contributed by atoms with Crippen molar-refractivity contribution in [3.63, 3.8) is 0 Å². The van der Waals surface area contributed by atoms with Crippen molar-refractivity contribution in [2.45, 2.75) is 32.4 Å². The quantitative estimate of drug-likeness (QED) is 0.878. The second-order valence-electron chi connectivity index (χ2n) is 4.71. The average Bonchev–Trinajstić information content (AvgIpc) is 3.14. The van der Waals surface area contributed by atoms with Crippen LogP contribution >= 0.6 is 11.3 Å². The van der Waals surface area contributed by atoms with Crippen LogP contribution in [0.5, 0.6) is 0 Å². The van der Waals surface area contributed by atoms with Crippen LogP contribution in [0.1, 0.15) is 24.6 Å². The molecule has 19 heavy (non-hydrogen) atoms. The SMILES string of the molecule is CCNc1nccc(N(Cc2cccs2)C2CC2)n1. The molecular weight excluding hydrogens is 256 g/mol. The van der Waals surface area contributed by atoms with Gasteiger partial charge < -0.3 is 10.2 Å². The standard InChI is InChI=1S/C14H18N4S/c1-2-15-14-16-8-7-13(17-14)18(11-5-6-11)10-12-4-3-9-19-12/h3-4,7-9,11H,2,5-6,10H2,1H3,(H,15,16,17). The van der Waals surface area contributed by atoms with Gasteiger partial charge in [-0.05, 0) is 37.3 Å². The summed E-state index contributed by atoms with van der Waals surface area (Å²) in [7, 11) is 0. The van der Waals surface area contributed by atoms with E-state index in [1.165, 1.54) is 17.7 Å². The maximum absolute atomic E-state index is 4.61. The number of nitrogens with one attached hydrogen (secondary N) is 1. The molecule has 1 aliphatic carbocycles. The summed E-state index contributed by atoms with van der Waals surface area (Å²) in [6, 6.07) is 6.94. The molecule has 1 N–H and O–H groups in total. The third-order valence-electron chi connectivity index (χ3n) is 3.16. The molecule has 5 heteroatoms. The van der Waals surface area contributed by atoms with Crippen molar-refractivity contribution in [1.82, 2.24) is 9.97 Å². The lowest BCUT2D eigenvalue weighted by molar-refractivity contribution is 0.784. The van der Waals surface area contributed by atoms with Crippen molar-refractivity contribution in [1.29, 1.82) is 0 Å². The Morgan fingerprint density at radius 1 is 1.42 bits per heavy atom. The van der Waals surface area contributed by atoms with E-state index in [0.717, 1.165) is 24.9 Å². The Morgan fingerprint density at radius 3 is 3.00 bits per heavy atom. The van der Waals surface area contributed by atoms with Crippen LogP contribution in [0, 0.1) is 0 Å². The van der Waals surface area contributed by atoms with Gasteiger partial charge in [-0.1, -0.05) is 6.07 Å². The summed E-state index contributed by atoms with van der Waals surface area (Å²) in [6.07, 6.45) is 4.38. The van der Waals surface area contributed by atoms with Gasteiger partial charge in [0.05, 0.1) is 6.54 Å². The summed E-state index contributed by atoms with van der Waals surface area (Å²) in [5.41, 5.74) is 0. The molecule has 2 heterocycles. The zero-order chi connectivity index (χ0) is 13.1. The highest BCUT2D eigenvalue weighted by atomic mass is 32.1. The molecule has 0 aliphatic heterocycles. The largest absolute Gasteiger partial charge is 0.354 e. The van der Waals surface area contributed by atoms with Crippen LogP contribution in [0.15, 0.2) is 29.8 Å². The van der Waals surface area contributed by atoms with E-state index in [9.17, 15) is 0 Å². The summed E-state index contributed by atoms with van der Waals surface area (Å²) in [4.78, 5) is 12.6. The summed E-state index contributed by atoms with van der Waals surface area (Å²) >= 11 is 1.80. The lowest BCUT2D eigenvalue weighted by atomic mass is 10.3. The molecule has 0 saturated heterocycles. The minimum Gasteiger partial charge on any atom is -0.354 e. The van der Waals surface area contributed by atoms with E-state index < -0.39 is 0 Å². The lowest BCUT2D eigenvalue weighted by Gasteiger charge is -2.23. The molecule has 1 saturated carbocycles. The van der Waals surface area contributed by atoms with Crippen LogP contribution in [0.3, 0.4) is 0 Å². The first-order valence-electron chi connectivity index (χ1n) is 6.72. The first kappa shape index (κ1) is 12.4. The summed E-state index contributed by atoms with van der Waals surface area (Å²) < 4.78 is 0. The Kier molecular flexibility index (Phi) is 3.64. The molecule has 0 radical (unpaired) electrons. The maximum atomic E-state index is 4.61. The molecule has 0 bridgehead atoms. The molecule has 1 aliphatic rings. The molecule has 0 atom stereocenters. The second kappa shape index (κ2) is 5.57. The predicted octanol–water partition coefficient (Wildman–Crippen LogP) is 3.14. The Morgan fingerprint density at radius 2 is 2.32 bits per heavy atom. The molecule has 2 aromatic rings.